The van der Waals surface area contributed by atoms with Crippen molar-refractivity contribution in [2.24, 2.45) is 0 Å². The van der Waals surface area contributed by atoms with Gasteiger partial charge in [0, 0.05) is 25.2 Å². The van der Waals surface area contributed by atoms with E-state index in [4.69, 9.17) is 4.74 Å². The zero-order valence-electron chi connectivity index (χ0n) is 15.7. The molecule has 0 spiro atoms. The number of morpholine rings is 1. The summed E-state index contributed by atoms with van der Waals surface area (Å²) < 4.78 is 5.38. The largest absolute Gasteiger partial charge is 0.379 e. The molecular weight excluding hydrogens is 324 g/mol. The van der Waals surface area contributed by atoms with Crippen molar-refractivity contribution in [1.29, 1.82) is 0 Å². The second-order valence-electron chi connectivity index (χ2n) is 6.93. The van der Waals surface area contributed by atoms with Crippen LogP contribution in [-0.4, -0.2) is 37.1 Å². The van der Waals surface area contributed by atoms with E-state index in [-0.39, 0.29) is 11.9 Å². The van der Waals surface area contributed by atoms with Crippen molar-refractivity contribution >= 4 is 5.91 Å². The molecule has 0 unspecified atom stereocenters. The molecule has 0 saturated carbocycles. The number of carbonyl (C=O) groups is 1. The van der Waals surface area contributed by atoms with Crippen LogP contribution in [0.3, 0.4) is 0 Å². The van der Waals surface area contributed by atoms with Crippen LogP contribution in [-0.2, 0) is 11.3 Å². The van der Waals surface area contributed by atoms with E-state index in [1.165, 1.54) is 11.1 Å². The lowest BCUT2D eigenvalue weighted by Gasteiger charge is -2.26. The number of nitrogens with one attached hydrogen (secondary N) is 1. The Balaban J connectivity index is 1.60. The standard InChI is InChI=1S/C22H28N2O2/c1-3-21(19-8-4-17(2)5-9-19)23-22(25)20-10-6-18(7-11-20)16-24-12-14-26-15-13-24/h4-11,21H,3,12-16H2,1-2H3,(H,23,25)/t21-/m1/s1. The van der Waals surface area contributed by atoms with E-state index >= 15 is 0 Å². The van der Waals surface area contributed by atoms with Gasteiger partial charge in [0.1, 0.15) is 0 Å². The molecule has 0 bridgehead atoms. The number of nitrogens with zero attached hydrogens (tertiary/aromatic N) is 1. The van der Waals surface area contributed by atoms with Crippen LogP contribution in [0.2, 0.25) is 0 Å². The monoisotopic (exact) mass is 352 g/mol. The zero-order valence-corrected chi connectivity index (χ0v) is 15.7. The van der Waals surface area contributed by atoms with Crippen molar-refractivity contribution < 1.29 is 9.53 Å². The smallest absolute Gasteiger partial charge is 0.251 e. The van der Waals surface area contributed by atoms with Gasteiger partial charge in [-0.2, -0.15) is 0 Å². The van der Waals surface area contributed by atoms with Crippen molar-refractivity contribution in [3.63, 3.8) is 0 Å². The first-order chi connectivity index (χ1) is 12.7. The fourth-order valence-electron chi connectivity index (χ4n) is 3.24. The molecular formula is C22H28N2O2. The van der Waals surface area contributed by atoms with E-state index in [9.17, 15) is 4.79 Å². The van der Waals surface area contributed by atoms with E-state index in [2.05, 4.69) is 60.5 Å². The molecule has 26 heavy (non-hydrogen) atoms. The number of carbonyl (C=O) groups excluding carboxylic acids is 1. The van der Waals surface area contributed by atoms with Crippen molar-refractivity contribution in [3.05, 3.63) is 70.8 Å². The van der Waals surface area contributed by atoms with Gasteiger partial charge in [-0.1, -0.05) is 48.9 Å². The Labute approximate surface area is 156 Å². The first-order valence-electron chi connectivity index (χ1n) is 9.42. The lowest BCUT2D eigenvalue weighted by molar-refractivity contribution is 0.0342. The quantitative estimate of drug-likeness (QED) is 0.862. The number of rotatable bonds is 6. The molecule has 1 atom stereocenters. The Hall–Kier alpha value is -2.17. The fraction of sp³-hybridized carbons (Fsp3) is 0.409. The average Bonchev–Trinajstić information content (AvgIpc) is 2.68. The van der Waals surface area contributed by atoms with E-state index < -0.39 is 0 Å². The summed E-state index contributed by atoms with van der Waals surface area (Å²) in [5, 5.41) is 3.15. The van der Waals surface area contributed by atoms with E-state index in [0.717, 1.165) is 44.8 Å². The summed E-state index contributed by atoms with van der Waals surface area (Å²) in [7, 11) is 0. The summed E-state index contributed by atoms with van der Waals surface area (Å²) in [4.78, 5) is 15.0. The van der Waals surface area contributed by atoms with E-state index in [1.807, 2.05) is 12.1 Å². The van der Waals surface area contributed by atoms with Gasteiger partial charge in [-0.15, -0.1) is 0 Å². The minimum atomic E-state index is -0.0182. The molecule has 0 radical (unpaired) electrons. The lowest BCUT2D eigenvalue weighted by atomic mass is 10.0. The van der Waals surface area contributed by atoms with Gasteiger partial charge in [0.25, 0.3) is 5.91 Å². The van der Waals surface area contributed by atoms with Crippen LogP contribution in [0.1, 0.15) is 46.4 Å². The van der Waals surface area contributed by atoms with Crippen LogP contribution in [0.25, 0.3) is 0 Å². The minimum Gasteiger partial charge on any atom is -0.379 e. The molecule has 1 heterocycles. The number of benzene rings is 2. The highest BCUT2D eigenvalue weighted by Crippen LogP contribution is 2.18. The summed E-state index contributed by atoms with van der Waals surface area (Å²) in [6, 6.07) is 16.4. The van der Waals surface area contributed by atoms with Gasteiger partial charge >= 0.3 is 0 Å². The first-order valence-corrected chi connectivity index (χ1v) is 9.42. The second-order valence-corrected chi connectivity index (χ2v) is 6.93. The van der Waals surface area contributed by atoms with E-state index in [1.54, 1.807) is 0 Å². The van der Waals surface area contributed by atoms with Gasteiger partial charge in [-0.3, -0.25) is 9.69 Å². The van der Waals surface area contributed by atoms with Crippen LogP contribution in [0.4, 0.5) is 0 Å². The van der Waals surface area contributed by atoms with Gasteiger partial charge in [0.2, 0.25) is 0 Å². The van der Waals surface area contributed by atoms with Gasteiger partial charge in [0.15, 0.2) is 0 Å². The highest BCUT2D eigenvalue weighted by Gasteiger charge is 2.15. The van der Waals surface area contributed by atoms with Gasteiger partial charge in [-0.25, -0.2) is 0 Å². The Kier molecular flexibility index (Phi) is 6.42. The topological polar surface area (TPSA) is 41.6 Å². The number of hydrogen-bond donors (Lipinski definition) is 1. The third kappa shape index (κ3) is 4.93. The molecule has 138 valence electrons. The number of amides is 1. The maximum absolute atomic E-state index is 12.6. The lowest BCUT2D eigenvalue weighted by Crippen LogP contribution is -2.35. The predicted molar refractivity (Wildman–Crippen MR) is 104 cm³/mol. The SMILES string of the molecule is CC[C@@H](NC(=O)c1ccc(CN2CCOCC2)cc1)c1ccc(C)cc1. The van der Waals surface area contributed by atoms with E-state index in [0.29, 0.717) is 5.56 Å². The molecule has 1 aliphatic heterocycles. The molecule has 1 amide bonds. The normalized spacial score (nSPS) is 16.2. The molecule has 1 aliphatic rings. The molecule has 2 aromatic carbocycles. The Morgan fingerprint density at radius 2 is 1.73 bits per heavy atom. The van der Waals surface area contributed by atoms with Crippen LogP contribution >= 0.6 is 0 Å². The molecule has 1 N–H and O–H groups in total. The summed E-state index contributed by atoms with van der Waals surface area (Å²) in [6.07, 6.45) is 0.865. The minimum absolute atomic E-state index is 0.0182. The van der Waals surface area contributed by atoms with Crippen molar-refractivity contribution in [2.75, 3.05) is 26.3 Å². The van der Waals surface area contributed by atoms with Crippen LogP contribution in [0.15, 0.2) is 48.5 Å². The summed E-state index contributed by atoms with van der Waals surface area (Å²) >= 11 is 0. The van der Waals surface area contributed by atoms with Gasteiger partial charge < -0.3 is 10.1 Å². The summed E-state index contributed by atoms with van der Waals surface area (Å²) in [6.45, 7) is 8.62. The maximum Gasteiger partial charge on any atom is 0.251 e. The number of aryl methyl sites for hydroxylation is 1. The molecule has 4 nitrogen and oxygen atoms in total. The Morgan fingerprint density at radius 1 is 1.08 bits per heavy atom. The zero-order chi connectivity index (χ0) is 18.4. The molecule has 0 aliphatic carbocycles. The number of hydrogen-bond acceptors (Lipinski definition) is 3. The molecule has 3 rings (SSSR count). The fourth-order valence-corrected chi connectivity index (χ4v) is 3.24. The highest BCUT2D eigenvalue weighted by atomic mass is 16.5. The second kappa shape index (κ2) is 8.97. The molecule has 1 fully saturated rings. The summed E-state index contributed by atoms with van der Waals surface area (Å²) in [5.74, 6) is -0.0182. The van der Waals surface area contributed by atoms with Crippen molar-refractivity contribution in [3.8, 4) is 0 Å². The van der Waals surface area contributed by atoms with Crippen molar-refractivity contribution in [2.45, 2.75) is 32.9 Å². The Bertz CT molecular complexity index is 704. The Morgan fingerprint density at radius 3 is 2.35 bits per heavy atom. The highest BCUT2D eigenvalue weighted by molar-refractivity contribution is 5.94. The van der Waals surface area contributed by atoms with Gasteiger partial charge in [0.05, 0.1) is 19.3 Å². The maximum atomic E-state index is 12.6. The summed E-state index contributed by atoms with van der Waals surface area (Å²) in [5.41, 5.74) is 4.32. The number of ether oxygens (including phenoxy) is 1. The molecule has 0 aromatic heterocycles. The van der Waals surface area contributed by atoms with Crippen LogP contribution < -0.4 is 5.32 Å². The predicted octanol–water partition coefficient (Wildman–Crippen LogP) is 3.71. The van der Waals surface area contributed by atoms with Gasteiger partial charge in [-0.05, 0) is 36.6 Å². The molecule has 4 heteroatoms. The van der Waals surface area contributed by atoms with Crippen molar-refractivity contribution in [1.82, 2.24) is 10.2 Å². The average molecular weight is 352 g/mol. The third-order valence-corrected chi connectivity index (χ3v) is 4.92. The van der Waals surface area contributed by atoms with Crippen LogP contribution in [0, 0.1) is 6.92 Å². The third-order valence-electron chi connectivity index (χ3n) is 4.92. The molecule has 1 saturated heterocycles. The van der Waals surface area contributed by atoms with Crippen LogP contribution in [0.5, 0.6) is 0 Å². The first kappa shape index (κ1) is 18.6. The molecule has 2 aromatic rings.